The van der Waals surface area contributed by atoms with E-state index in [9.17, 15) is 5.11 Å². The first-order chi connectivity index (χ1) is 12.0. The summed E-state index contributed by atoms with van der Waals surface area (Å²) in [5, 5.41) is 9.69. The average Bonchev–Trinajstić information content (AvgIpc) is 3.05. The zero-order valence-corrected chi connectivity index (χ0v) is 15.2. The van der Waals surface area contributed by atoms with Crippen molar-refractivity contribution in [1.82, 2.24) is 0 Å². The summed E-state index contributed by atoms with van der Waals surface area (Å²) < 4.78 is 5.64. The topological polar surface area (TPSA) is 39.9 Å². The standard InChI is InChI=1S/C21H24N2O2/c1-22(2)17-9-5-15(6-10-17)19-14-25-20(13-24)21(19)16-7-11-18(12-8-16)23(3)4/h5-12,14,24H,13H2,1-4H3. The van der Waals surface area contributed by atoms with Crippen LogP contribution in [0.25, 0.3) is 22.3 Å². The second kappa shape index (κ2) is 7.03. The highest BCUT2D eigenvalue weighted by Crippen LogP contribution is 2.37. The third kappa shape index (κ3) is 3.39. The van der Waals surface area contributed by atoms with Gasteiger partial charge in [-0.3, -0.25) is 0 Å². The lowest BCUT2D eigenvalue weighted by atomic mass is 9.96. The van der Waals surface area contributed by atoms with Crippen molar-refractivity contribution in [3.63, 3.8) is 0 Å². The number of hydrogen-bond acceptors (Lipinski definition) is 4. The Kier molecular flexibility index (Phi) is 4.81. The highest BCUT2D eigenvalue weighted by molar-refractivity contribution is 5.85. The number of aliphatic hydroxyl groups is 1. The van der Waals surface area contributed by atoms with E-state index in [1.165, 1.54) is 0 Å². The van der Waals surface area contributed by atoms with Crippen molar-refractivity contribution in [1.29, 1.82) is 0 Å². The Hall–Kier alpha value is -2.72. The molecular formula is C21H24N2O2. The van der Waals surface area contributed by atoms with E-state index < -0.39 is 0 Å². The second-order valence-electron chi connectivity index (χ2n) is 6.49. The van der Waals surface area contributed by atoms with Gasteiger partial charge in [-0.1, -0.05) is 24.3 Å². The fraction of sp³-hybridized carbons (Fsp3) is 0.238. The maximum atomic E-state index is 9.69. The van der Waals surface area contributed by atoms with E-state index in [1.807, 2.05) is 28.2 Å². The van der Waals surface area contributed by atoms with Gasteiger partial charge in [0, 0.05) is 50.7 Å². The Labute approximate surface area is 148 Å². The monoisotopic (exact) mass is 336 g/mol. The molecule has 0 saturated heterocycles. The predicted octanol–water partition coefficient (Wildman–Crippen LogP) is 4.24. The van der Waals surface area contributed by atoms with Crippen molar-refractivity contribution in [2.75, 3.05) is 38.0 Å². The van der Waals surface area contributed by atoms with Crippen LogP contribution in [0.2, 0.25) is 0 Å². The Morgan fingerprint density at radius 2 is 1.24 bits per heavy atom. The molecule has 1 heterocycles. The van der Waals surface area contributed by atoms with Crippen LogP contribution in [0.5, 0.6) is 0 Å². The molecule has 2 aromatic carbocycles. The molecule has 0 fully saturated rings. The molecule has 25 heavy (non-hydrogen) atoms. The van der Waals surface area contributed by atoms with Gasteiger partial charge in [-0.05, 0) is 35.4 Å². The Morgan fingerprint density at radius 3 is 1.68 bits per heavy atom. The minimum Gasteiger partial charge on any atom is -0.466 e. The highest BCUT2D eigenvalue weighted by Gasteiger charge is 2.17. The molecule has 4 heteroatoms. The van der Waals surface area contributed by atoms with Crippen LogP contribution in [0.3, 0.4) is 0 Å². The fourth-order valence-electron chi connectivity index (χ4n) is 2.91. The van der Waals surface area contributed by atoms with Crippen LogP contribution in [0.4, 0.5) is 11.4 Å². The van der Waals surface area contributed by atoms with Gasteiger partial charge in [0.05, 0.1) is 6.26 Å². The van der Waals surface area contributed by atoms with Crippen molar-refractivity contribution in [3.05, 3.63) is 60.6 Å². The van der Waals surface area contributed by atoms with E-state index in [0.29, 0.717) is 5.76 Å². The maximum Gasteiger partial charge on any atom is 0.137 e. The molecule has 3 aromatic rings. The lowest BCUT2D eigenvalue weighted by Crippen LogP contribution is -2.08. The quantitative estimate of drug-likeness (QED) is 0.756. The first-order valence-electron chi connectivity index (χ1n) is 8.28. The predicted molar refractivity (Wildman–Crippen MR) is 104 cm³/mol. The molecule has 0 bridgehead atoms. The molecule has 0 saturated carbocycles. The summed E-state index contributed by atoms with van der Waals surface area (Å²) >= 11 is 0. The first-order valence-corrected chi connectivity index (χ1v) is 8.28. The Bertz CT molecular complexity index is 831. The molecule has 1 aromatic heterocycles. The van der Waals surface area contributed by atoms with Crippen LogP contribution in [-0.4, -0.2) is 33.3 Å². The van der Waals surface area contributed by atoms with Gasteiger partial charge in [-0.15, -0.1) is 0 Å². The molecule has 0 radical (unpaired) electrons. The largest absolute Gasteiger partial charge is 0.466 e. The first kappa shape index (κ1) is 17.1. The summed E-state index contributed by atoms with van der Waals surface area (Å²) in [5.41, 5.74) is 6.33. The minimum atomic E-state index is -0.124. The summed E-state index contributed by atoms with van der Waals surface area (Å²) in [6, 6.07) is 16.6. The molecule has 1 N–H and O–H groups in total. The second-order valence-corrected chi connectivity index (χ2v) is 6.49. The molecule has 0 unspecified atom stereocenters. The molecule has 0 atom stereocenters. The smallest absolute Gasteiger partial charge is 0.137 e. The summed E-state index contributed by atoms with van der Waals surface area (Å²) in [6.07, 6.45) is 1.73. The van der Waals surface area contributed by atoms with Gasteiger partial charge < -0.3 is 19.3 Å². The van der Waals surface area contributed by atoms with E-state index in [4.69, 9.17) is 4.42 Å². The van der Waals surface area contributed by atoms with E-state index in [0.717, 1.165) is 33.6 Å². The molecule has 0 amide bonds. The minimum absolute atomic E-state index is 0.124. The molecule has 130 valence electrons. The maximum absolute atomic E-state index is 9.69. The number of nitrogens with zero attached hydrogens (tertiary/aromatic N) is 2. The fourth-order valence-corrected chi connectivity index (χ4v) is 2.91. The lowest BCUT2D eigenvalue weighted by molar-refractivity contribution is 0.248. The Balaban J connectivity index is 2.05. The number of rotatable bonds is 5. The normalized spacial score (nSPS) is 10.8. The lowest BCUT2D eigenvalue weighted by Gasteiger charge is -2.14. The zero-order valence-electron chi connectivity index (χ0n) is 15.2. The van der Waals surface area contributed by atoms with Crippen molar-refractivity contribution in [3.8, 4) is 22.3 Å². The number of aliphatic hydroxyl groups excluding tert-OH is 1. The van der Waals surface area contributed by atoms with Gasteiger partial charge in [-0.25, -0.2) is 0 Å². The van der Waals surface area contributed by atoms with Crippen LogP contribution >= 0.6 is 0 Å². The third-order valence-electron chi connectivity index (χ3n) is 4.38. The van der Waals surface area contributed by atoms with E-state index >= 15 is 0 Å². The van der Waals surface area contributed by atoms with E-state index in [2.05, 4.69) is 58.3 Å². The summed E-state index contributed by atoms with van der Waals surface area (Å²) in [5.74, 6) is 0.587. The molecule has 4 nitrogen and oxygen atoms in total. The number of hydrogen-bond donors (Lipinski definition) is 1. The number of anilines is 2. The van der Waals surface area contributed by atoms with Gasteiger partial charge in [0.1, 0.15) is 12.4 Å². The van der Waals surface area contributed by atoms with Crippen LogP contribution in [0, 0.1) is 0 Å². The summed E-state index contributed by atoms with van der Waals surface area (Å²) in [4.78, 5) is 4.13. The number of benzene rings is 2. The van der Waals surface area contributed by atoms with Gasteiger partial charge in [0.25, 0.3) is 0 Å². The van der Waals surface area contributed by atoms with Crippen LogP contribution in [0.1, 0.15) is 5.76 Å². The molecule has 0 spiro atoms. The number of furan rings is 1. The highest BCUT2D eigenvalue weighted by atomic mass is 16.4. The SMILES string of the molecule is CN(C)c1ccc(-c2coc(CO)c2-c2ccc(N(C)C)cc2)cc1. The molecule has 0 aliphatic heterocycles. The van der Waals surface area contributed by atoms with Crippen molar-refractivity contribution >= 4 is 11.4 Å². The molecule has 0 aliphatic rings. The molecule has 3 rings (SSSR count). The van der Waals surface area contributed by atoms with Crippen molar-refractivity contribution in [2.24, 2.45) is 0 Å². The Morgan fingerprint density at radius 1 is 0.760 bits per heavy atom. The van der Waals surface area contributed by atoms with Crippen LogP contribution in [-0.2, 0) is 6.61 Å². The third-order valence-corrected chi connectivity index (χ3v) is 4.38. The van der Waals surface area contributed by atoms with Gasteiger partial charge in [-0.2, -0.15) is 0 Å². The van der Waals surface area contributed by atoms with Crippen molar-refractivity contribution < 1.29 is 9.52 Å². The van der Waals surface area contributed by atoms with Crippen LogP contribution < -0.4 is 9.80 Å². The zero-order chi connectivity index (χ0) is 18.0. The van der Waals surface area contributed by atoms with Gasteiger partial charge >= 0.3 is 0 Å². The molecular weight excluding hydrogens is 312 g/mol. The summed E-state index contributed by atoms with van der Waals surface area (Å²) in [7, 11) is 8.08. The van der Waals surface area contributed by atoms with E-state index in [1.54, 1.807) is 6.26 Å². The summed E-state index contributed by atoms with van der Waals surface area (Å²) in [6.45, 7) is -0.124. The van der Waals surface area contributed by atoms with Crippen molar-refractivity contribution in [2.45, 2.75) is 6.61 Å². The van der Waals surface area contributed by atoms with Gasteiger partial charge in [0.2, 0.25) is 0 Å². The van der Waals surface area contributed by atoms with Crippen LogP contribution in [0.15, 0.2) is 59.2 Å². The van der Waals surface area contributed by atoms with E-state index in [-0.39, 0.29) is 6.61 Å². The molecule has 0 aliphatic carbocycles. The average molecular weight is 336 g/mol. The van der Waals surface area contributed by atoms with Gasteiger partial charge in [0.15, 0.2) is 0 Å².